The molecule has 0 atom stereocenters. The van der Waals surface area contributed by atoms with Gasteiger partial charge in [-0.05, 0) is 18.2 Å². The average molecular weight is 265 g/mol. The highest BCUT2D eigenvalue weighted by molar-refractivity contribution is 6.30. The molecule has 0 aromatic heterocycles. The van der Waals surface area contributed by atoms with Crippen LogP contribution in [0.4, 0.5) is 5.69 Å². The molecule has 1 aromatic carbocycles. The van der Waals surface area contributed by atoms with Crippen LogP contribution in [0.25, 0.3) is 0 Å². The molecule has 1 N–H and O–H groups in total. The van der Waals surface area contributed by atoms with E-state index in [9.17, 15) is 4.79 Å². The molecule has 18 heavy (non-hydrogen) atoms. The second kappa shape index (κ2) is 7.69. The van der Waals surface area contributed by atoms with Gasteiger partial charge in [0.2, 0.25) is 5.91 Å². The number of nitrogens with zero attached hydrogens (tertiary/aromatic N) is 1. The van der Waals surface area contributed by atoms with Crippen molar-refractivity contribution >= 4 is 23.2 Å². The largest absolute Gasteiger partial charge is 0.325 e. The average Bonchev–Trinajstić information content (AvgIpc) is 2.29. The highest BCUT2D eigenvalue weighted by Crippen LogP contribution is 2.14. The Balaban J connectivity index is 2.54. The van der Waals surface area contributed by atoms with Crippen molar-refractivity contribution in [2.75, 3.05) is 25.0 Å². The van der Waals surface area contributed by atoms with Crippen LogP contribution in [0.1, 0.15) is 0 Å². The van der Waals surface area contributed by atoms with Crippen LogP contribution >= 0.6 is 11.6 Å². The lowest BCUT2D eigenvalue weighted by atomic mass is 10.3. The fourth-order valence-electron chi connectivity index (χ4n) is 1.54. The highest BCUT2D eigenvalue weighted by atomic mass is 35.5. The summed E-state index contributed by atoms with van der Waals surface area (Å²) in [4.78, 5) is 13.7. The Morgan fingerprint density at radius 1 is 1.33 bits per heavy atom. The molecule has 0 unspecified atom stereocenters. The van der Waals surface area contributed by atoms with Gasteiger partial charge in [-0.25, -0.2) is 0 Å². The number of amides is 1. The first-order valence-electron chi connectivity index (χ1n) is 5.65. The molecular weight excluding hydrogens is 248 g/mol. The second-order valence-electron chi connectivity index (χ2n) is 3.83. The number of hydrogen-bond donors (Lipinski definition) is 1. The lowest BCUT2D eigenvalue weighted by molar-refractivity contribution is -0.117. The summed E-state index contributed by atoms with van der Waals surface area (Å²) in [5.74, 6) is -0.0824. The molecule has 0 saturated heterocycles. The molecule has 0 saturated carbocycles. The van der Waals surface area contributed by atoms with Gasteiger partial charge in [-0.2, -0.15) is 0 Å². The first kappa shape index (κ1) is 14.5. The van der Waals surface area contributed by atoms with E-state index in [1.54, 1.807) is 36.4 Å². The minimum atomic E-state index is -0.0824. The molecule has 1 amide bonds. The van der Waals surface area contributed by atoms with Crippen molar-refractivity contribution in [3.05, 3.63) is 54.6 Å². The van der Waals surface area contributed by atoms with Gasteiger partial charge in [0.15, 0.2) is 0 Å². The number of hydrogen-bond acceptors (Lipinski definition) is 2. The molecule has 1 rings (SSSR count). The molecule has 0 fully saturated rings. The van der Waals surface area contributed by atoms with Gasteiger partial charge in [-0.1, -0.05) is 29.8 Å². The smallest absolute Gasteiger partial charge is 0.238 e. The van der Waals surface area contributed by atoms with Crippen LogP contribution in [0.15, 0.2) is 49.6 Å². The summed E-state index contributed by atoms with van der Waals surface area (Å²) in [6.45, 7) is 8.91. The van der Waals surface area contributed by atoms with Gasteiger partial charge in [0.05, 0.1) is 6.54 Å². The third-order valence-electron chi connectivity index (χ3n) is 2.25. The van der Waals surface area contributed by atoms with Crippen LogP contribution < -0.4 is 5.32 Å². The lowest BCUT2D eigenvalue weighted by Gasteiger charge is -2.18. The Hall–Kier alpha value is -1.58. The SMILES string of the molecule is C=CCN(CC=C)CC(=O)Nc1cccc(Cl)c1. The van der Waals surface area contributed by atoms with E-state index in [0.29, 0.717) is 30.3 Å². The molecule has 4 heteroatoms. The summed E-state index contributed by atoms with van der Waals surface area (Å²) < 4.78 is 0. The van der Waals surface area contributed by atoms with Crippen molar-refractivity contribution < 1.29 is 4.79 Å². The first-order valence-corrected chi connectivity index (χ1v) is 6.03. The van der Waals surface area contributed by atoms with Gasteiger partial charge in [-0.15, -0.1) is 13.2 Å². The fourth-order valence-corrected chi connectivity index (χ4v) is 1.73. The van der Waals surface area contributed by atoms with Gasteiger partial charge in [-0.3, -0.25) is 9.69 Å². The monoisotopic (exact) mass is 264 g/mol. The maximum atomic E-state index is 11.8. The number of carbonyl (C=O) groups excluding carboxylic acids is 1. The van der Waals surface area contributed by atoms with E-state index in [1.165, 1.54) is 0 Å². The zero-order valence-electron chi connectivity index (χ0n) is 10.2. The highest BCUT2D eigenvalue weighted by Gasteiger charge is 2.08. The number of carbonyl (C=O) groups is 1. The number of benzene rings is 1. The maximum absolute atomic E-state index is 11.8. The van der Waals surface area contributed by atoms with Gasteiger partial charge in [0, 0.05) is 23.8 Å². The molecule has 1 aromatic rings. The molecule has 0 radical (unpaired) electrons. The predicted octanol–water partition coefficient (Wildman–Crippen LogP) is 2.95. The second-order valence-corrected chi connectivity index (χ2v) is 4.27. The molecule has 0 bridgehead atoms. The summed E-state index contributed by atoms with van der Waals surface area (Å²) in [5.41, 5.74) is 0.699. The normalized spacial score (nSPS) is 10.1. The van der Waals surface area contributed by atoms with E-state index in [-0.39, 0.29) is 5.91 Å². The Kier molecular flexibility index (Phi) is 6.19. The Morgan fingerprint density at radius 2 is 2.00 bits per heavy atom. The summed E-state index contributed by atoms with van der Waals surface area (Å²) in [7, 11) is 0. The van der Waals surface area contributed by atoms with Gasteiger partial charge < -0.3 is 5.32 Å². The third-order valence-corrected chi connectivity index (χ3v) is 2.49. The summed E-state index contributed by atoms with van der Waals surface area (Å²) in [6.07, 6.45) is 3.52. The summed E-state index contributed by atoms with van der Waals surface area (Å²) >= 11 is 5.85. The fraction of sp³-hybridized carbons (Fsp3) is 0.214. The van der Waals surface area contributed by atoms with E-state index in [0.717, 1.165) is 0 Å². The van der Waals surface area contributed by atoms with Crippen LogP contribution in [0.5, 0.6) is 0 Å². The summed E-state index contributed by atoms with van der Waals surface area (Å²) in [6, 6.07) is 7.07. The van der Waals surface area contributed by atoms with Crippen molar-refractivity contribution in [1.82, 2.24) is 4.90 Å². The van der Waals surface area contributed by atoms with Crippen LogP contribution in [0.2, 0.25) is 5.02 Å². The van der Waals surface area contributed by atoms with E-state index in [4.69, 9.17) is 11.6 Å². The lowest BCUT2D eigenvalue weighted by Crippen LogP contribution is -2.33. The molecule has 96 valence electrons. The predicted molar refractivity (Wildman–Crippen MR) is 76.9 cm³/mol. The maximum Gasteiger partial charge on any atom is 0.238 e. The molecule has 0 heterocycles. The van der Waals surface area contributed by atoms with E-state index in [1.807, 2.05) is 4.90 Å². The standard InChI is InChI=1S/C14H17ClN2O/c1-3-8-17(9-4-2)11-14(18)16-13-7-5-6-12(15)10-13/h3-7,10H,1-2,8-9,11H2,(H,16,18). The van der Waals surface area contributed by atoms with Crippen molar-refractivity contribution in [3.63, 3.8) is 0 Å². The first-order chi connectivity index (χ1) is 8.65. The van der Waals surface area contributed by atoms with E-state index in [2.05, 4.69) is 18.5 Å². The molecule has 0 spiro atoms. The summed E-state index contributed by atoms with van der Waals surface area (Å²) in [5, 5.41) is 3.40. The quantitative estimate of drug-likeness (QED) is 0.768. The third kappa shape index (κ3) is 5.17. The van der Waals surface area contributed by atoms with Gasteiger partial charge in [0.1, 0.15) is 0 Å². The molecule has 3 nitrogen and oxygen atoms in total. The van der Waals surface area contributed by atoms with Crippen LogP contribution in [-0.4, -0.2) is 30.4 Å². The van der Waals surface area contributed by atoms with E-state index >= 15 is 0 Å². The van der Waals surface area contributed by atoms with Gasteiger partial charge in [0.25, 0.3) is 0 Å². The van der Waals surface area contributed by atoms with Crippen LogP contribution in [-0.2, 0) is 4.79 Å². The molecule has 0 aliphatic heterocycles. The minimum absolute atomic E-state index is 0.0824. The molecular formula is C14H17ClN2O. The zero-order valence-corrected chi connectivity index (χ0v) is 11.0. The van der Waals surface area contributed by atoms with Gasteiger partial charge >= 0.3 is 0 Å². The van der Waals surface area contributed by atoms with Crippen molar-refractivity contribution in [2.24, 2.45) is 0 Å². The minimum Gasteiger partial charge on any atom is -0.325 e. The topological polar surface area (TPSA) is 32.3 Å². The number of nitrogens with one attached hydrogen (secondary N) is 1. The van der Waals surface area contributed by atoms with Crippen molar-refractivity contribution in [2.45, 2.75) is 0 Å². The number of halogens is 1. The number of anilines is 1. The molecule has 0 aliphatic carbocycles. The number of rotatable bonds is 7. The van der Waals surface area contributed by atoms with Crippen LogP contribution in [0.3, 0.4) is 0 Å². The zero-order chi connectivity index (χ0) is 13.4. The Labute approximate surface area is 113 Å². The van der Waals surface area contributed by atoms with Crippen molar-refractivity contribution in [3.8, 4) is 0 Å². The molecule has 0 aliphatic rings. The van der Waals surface area contributed by atoms with Crippen LogP contribution in [0, 0.1) is 0 Å². The Bertz CT molecular complexity index is 422. The van der Waals surface area contributed by atoms with Crippen molar-refractivity contribution in [1.29, 1.82) is 0 Å². The Morgan fingerprint density at radius 3 is 2.56 bits per heavy atom. The van der Waals surface area contributed by atoms with E-state index < -0.39 is 0 Å².